The van der Waals surface area contributed by atoms with Crippen molar-refractivity contribution in [1.82, 2.24) is 20.4 Å². The van der Waals surface area contributed by atoms with Crippen LogP contribution in [0, 0.1) is 0 Å². The summed E-state index contributed by atoms with van der Waals surface area (Å²) in [4.78, 5) is 34.5. The molecule has 0 radical (unpaired) electrons. The van der Waals surface area contributed by atoms with Crippen molar-refractivity contribution in [3.8, 4) is 11.3 Å². The molecule has 1 fully saturated rings. The van der Waals surface area contributed by atoms with E-state index in [0.717, 1.165) is 4.90 Å². The van der Waals surface area contributed by atoms with E-state index in [1.165, 1.54) is 37.1 Å². The average Bonchev–Trinajstić information content (AvgIpc) is 3.31. The molecule has 1 aliphatic carbocycles. The molecule has 0 aliphatic heterocycles. The van der Waals surface area contributed by atoms with Crippen molar-refractivity contribution in [2.75, 3.05) is 4.90 Å². The summed E-state index contributed by atoms with van der Waals surface area (Å²) >= 11 is 5.46. The van der Waals surface area contributed by atoms with Crippen LogP contribution < -0.4 is 10.2 Å². The normalized spacial score (nSPS) is 17.0. The van der Waals surface area contributed by atoms with Crippen LogP contribution in [0.3, 0.4) is 0 Å². The van der Waals surface area contributed by atoms with Crippen molar-refractivity contribution >= 4 is 29.1 Å². The van der Waals surface area contributed by atoms with E-state index >= 15 is 0 Å². The fourth-order valence-corrected chi connectivity index (χ4v) is 3.68. The minimum atomic E-state index is -2.87. The van der Waals surface area contributed by atoms with Gasteiger partial charge in [-0.25, -0.2) is 23.1 Å². The number of nitrogens with one attached hydrogen (secondary N) is 1. The third-order valence-electron chi connectivity index (χ3n) is 5.13. The third kappa shape index (κ3) is 4.98. The lowest BCUT2D eigenvalue weighted by atomic mass is 9.88. The topological polar surface area (TPSA) is 101 Å². The van der Waals surface area contributed by atoms with Crippen molar-refractivity contribution in [1.29, 1.82) is 0 Å². The molecule has 2 heterocycles. The molecule has 1 aromatic carbocycles. The summed E-state index contributed by atoms with van der Waals surface area (Å²) in [6, 6.07) is 5.48. The van der Waals surface area contributed by atoms with Gasteiger partial charge in [0.15, 0.2) is 5.76 Å². The second-order valence-corrected chi connectivity index (χ2v) is 7.86. The third-order valence-corrected chi connectivity index (χ3v) is 5.32. The Morgan fingerprint density at radius 2 is 1.82 bits per heavy atom. The fraction of sp³-hybridized carbons (Fsp3) is 0.286. The van der Waals surface area contributed by atoms with Crippen LogP contribution in [0.15, 0.2) is 59.8 Å². The van der Waals surface area contributed by atoms with Crippen molar-refractivity contribution in [2.45, 2.75) is 36.5 Å². The maximum Gasteiger partial charge on any atom is 0.278 e. The molecule has 2 atom stereocenters. The van der Waals surface area contributed by atoms with Crippen LogP contribution in [0.4, 0.5) is 18.9 Å². The molecular weight excluding hydrogens is 463 g/mol. The quantitative estimate of drug-likeness (QED) is 0.519. The number of amides is 2. The first-order valence-electron chi connectivity index (χ1n) is 9.80. The Balaban J connectivity index is 1.71. The molecule has 2 aromatic heterocycles. The molecule has 2 amide bonds. The highest BCUT2D eigenvalue weighted by molar-refractivity contribution is 6.32. The first-order chi connectivity index (χ1) is 15.7. The lowest BCUT2D eigenvalue weighted by molar-refractivity contribution is -0.133. The second-order valence-electron chi connectivity index (χ2n) is 7.48. The first kappa shape index (κ1) is 22.7. The summed E-state index contributed by atoms with van der Waals surface area (Å²) < 4.78 is 45.6. The van der Waals surface area contributed by atoms with Crippen LogP contribution in [0.5, 0.6) is 0 Å². The molecule has 3 aromatic rings. The molecule has 0 spiro atoms. The lowest BCUT2D eigenvalue weighted by Crippen LogP contribution is -2.54. The monoisotopic (exact) mass is 479 g/mol. The van der Waals surface area contributed by atoms with E-state index in [-0.39, 0.29) is 11.3 Å². The number of alkyl halides is 4. The van der Waals surface area contributed by atoms with E-state index < -0.39 is 48.3 Å². The smallest absolute Gasteiger partial charge is 0.278 e. The summed E-state index contributed by atoms with van der Waals surface area (Å²) in [5, 5.41) is 6.11. The van der Waals surface area contributed by atoms with Crippen molar-refractivity contribution in [3.05, 3.63) is 60.8 Å². The van der Waals surface area contributed by atoms with E-state index in [4.69, 9.17) is 16.1 Å². The Morgan fingerprint density at radius 1 is 1.15 bits per heavy atom. The second kappa shape index (κ2) is 9.18. The number of aromatic nitrogens is 3. The number of halogens is 4. The molecule has 12 heteroatoms. The van der Waals surface area contributed by atoms with Crippen LogP contribution in [-0.2, 0) is 9.59 Å². The number of hydrogen-bond acceptors (Lipinski definition) is 6. The first-order valence-corrected chi connectivity index (χ1v) is 10.2. The Labute approximate surface area is 190 Å². The van der Waals surface area contributed by atoms with Gasteiger partial charge in [-0.2, -0.15) is 0 Å². The Kier molecular flexibility index (Phi) is 6.32. The van der Waals surface area contributed by atoms with Crippen LogP contribution in [0.25, 0.3) is 11.3 Å². The lowest BCUT2D eigenvalue weighted by Gasteiger charge is -2.38. The average molecular weight is 480 g/mol. The van der Waals surface area contributed by atoms with Crippen LogP contribution in [0.1, 0.15) is 24.4 Å². The zero-order valence-corrected chi connectivity index (χ0v) is 17.6. The number of carbonyl (C=O) groups is 2. The van der Waals surface area contributed by atoms with Gasteiger partial charge < -0.3 is 9.84 Å². The van der Waals surface area contributed by atoms with Gasteiger partial charge in [-0.1, -0.05) is 16.8 Å². The minimum absolute atomic E-state index is 0.134. The minimum Gasteiger partial charge on any atom is -0.356 e. The van der Waals surface area contributed by atoms with Crippen molar-refractivity contribution < 1.29 is 27.3 Å². The standard InChI is InChI=1S/C21H17ClF3N5O3/c22-18(23)20(32)30(15-3-1-12(2-4-15)16-5-6-28-33-16)17(13-9-26-11-27-10-13)19(31)29-14-7-21(24,25)8-14/h1-6,9-11,14,17-18H,7-8H2,(H,29,31). The van der Waals surface area contributed by atoms with Crippen molar-refractivity contribution in [3.63, 3.8) is 0 Å². The van der Waals surface area contributed by atoms with E-state index in [1.807, 2.05) is 0 Å². The van der Waals surface area contributed by atoms with Crippen LogP contribution in [-0.4, -0.2) is 44.5 Å². The SMILES string of the molecule is O=C(NC1CC(F)(F)C1)C(c1cncnc1)N(C(=O)C(F)Cl)c1ccc(-c2ccno2)cc1. The highest BCUT2D eigenvalue weighted by Gasteiger charge is 2.47. The molecule has 1 saturated carbocycles. The number of hydrogen-bond donors (Lipinski definition) is 1. The van der Waals surface area contributed by atoms with Crippen LogP contribution >= 0.6 is 11.6 Å². The van der Waals surface area contributed by atoms with Gasteiger partial charge in [-0.3, -0.25) is 14.5 Å². The van der Waals surface area contributed by atoms with Gasteiger partial charge in [0.05, 0.1) is 6.20 Å². The van der Waals surface area contributed by atoms with Gasteiger partial charge in [0.25, 0.3) is 17.5 Å². The predicted octanol–water partition coefficient (Wildman–Crippen LogP) is 3.65. The van der Waals surface area contributed by atoms with E-state index in [1.54, 1.807) is 18.2 Å². The van der Waals surface area contributed by atoms with Gasteiger partial charge in [0.2, 0.25) is 5.91 Å². The highest BCUT2D eigenvalue weighted by Crippen LogP contribution is 2.38. The number of rotatable bonds is 7. The molecule has 0 bridgehead atoms. The maximum absolute atomic E-state index is 14.0. The van der Waals surface area contributed by atoms with Gasteiger partial charge >= 0.3 is 0 Å². The summed E-state index contributed by atoms with van der Waals surface area (Å²) in [5.41, 5.74) is -1.57. The summed E-state index contributed by atoms with van der Waals surface area (Å²) in [5.74, 6) is -4.42. The molecule has 8 nitrogen and oxygen atoms in total. The molecular formula is C21H17ClF3N5O3. The summed E-state index contributed by atoms with van der Waals surface area (Å²) in [7, 11) is 0. The Hall–Kier alpha value is -3.47. The molecule has 33 heavy (non-hydrogen) atoms. The van der Waals surface area contributed by atoms with E-state index in [9.17, 15) is 22.8 Å². The van der Waals surface area contributed by atoms with Gasteiger partial charge in [-0.15, -0.1) is 0 Å². The molecule has 1 aliphatic rings. The molecule has 1 N–H and O–H groups in total. The number of anilines is 1. The summed E-state index contributed by atoms with van der Waals surface area (Å²) in [6.07, 6.45) is 4.16. The van der Waals surface area contributed by atoms with Gasteiger partial charge in [0.1, 0.15) is 12.4 Å². The maximum atomic E-state index is 14.0. The molecule has 0 saturated heterocycles. The van der Waals surface area contributed by atoms with Crippen molar-refractivity contribution in [2.24, 2.45) is 0 Å². The van der Waals surface area contributed by atoms with E-state index in [2.05, 4.69) is 20.4 Å². The van der Waals surface area contributed by atoms with E-state index in [0.29, 0.717) is 11.3 Å². The van der Waals surface area contributed by atoms with Gasteiger partial charge in [-0.05, 0) is 24.3 Å². The number of carbonyl (C=O) groups excluding carboxylic acids is 2. The summed E-state index contributed by atoms with van der Waals surface area (Å²) in [6.45, 7) is 0. The zero-order valence-electron chi connectivity index (χ0n) is 16.9. The number of benzene rings is 1. The molecule has 172 valence electrons. The Bertz CT molecular complexity index is 1110. The molecule has 4 rings (SSSR count). The fourth-order valence-electron chi connectivity index (χ4n) is 3.57. The highest BCUT2D eigenvalue weighted by atomic mass is 35.5. The predicted molar refractivity (Wildman–Crippen MR) is 111 cm³/mol. The zero-order chi connectivity index (χ0) is 23.6. The molecule has 2 unspecified atom stereocenters. The number of nitrogens with zero attached hydrogens (tertiary/aromatic N) is 4. The van der Waals surface area contributed by atoms with Crippen LogP contribution in [0.2, 0.25) is 0 Å². The Morgan fingerprint density at radius 3 is 2.36 bits per heavy atom. The largest absolute Gasteiger partial charge is 0.356 e. The van der Waals surface area contributed by atoms with Gasteiger partial charge in [0, 0.05) is 54.2 Å².